The number of nitrogens with one attached hydrogen (secondary N) is 2. The van der Waals surface area contributed by atoms with E-state index in [1.807, 2.05) is 6.07 Å². The van der Waals surface area contributed by atoms with Crippen molar-refractivity contribution in [3.8, 4) is 0 Å². The van der Waals surface area contributed by atoms with Crippen molar-refractivity contribution >= 4 is 5.91 Å². The van der Waals surface area contributed by atoms with Gasteiger partial charge >= 0.3 is 0 Å². The fraction of sp³-hybridized carbons (Fsp3) is 0.611. The number of rotatable bonds is 3. The summed E-state index contributed by atoms with van der Waals surface area (Å²) in [6.45, 7) is 4.08. The summed E-state index contributed by atoms with van der Waals surface area (Å²) in [7, 11) is 0. The van der Waals surface area contributed by atoms with Gasteiger partial charge in [0.05, 0.1) is 0 Å². The first-order valence-electron chi connectivity index (χ1n) is 8.37. The van der Waals surface area contributed by atoms with Crippen LogP contribution in [0.5, 0.6) is 0 Å². The van der Waals surface area contributed by atoms with Gasteiger partial charge in [-0.1, -0.05) is 25.3 Å². The maximum absolute atomic E-state index is 12.5. The molecule has 0 bridgehead atoms. The number of hydrogen-bond acceptors (Lipinski definition) is 2. The first-order valence-corrected chi connectivity index (χ1v) is 8.37. The molecule has 1 fully saturated rings. The molecule has 0 aromatic heterocycles. The van der Waals surface area contributed by atoms with Crippen molar-refractivity contribution in [3.63, 3.8) is 0 Å². The third-order valence-corrected chi connectivity index (χ3v) is 5.07. The van der Waals surface area contributed by atoms with E-state index in [4.69, 9.17) is 0 Å². The Hall–Kier alpha value is -1.35. The van der Waals surface area contributed by atoms with Gasteiger partial charge < -0.3 is 10.6 Å². The molecule has 0 spiro atoms. The highest BCUT2D eigenvalue weighted by Crippen LogP contribution is 2.26. The van der Waals surface area contributed by atoms with Crippen LogP contribution in [0.2, 0.25) is 0 Å². The zero-order chi connectivity index (χ0) is 14.7. The first-order chi connectivity index (χ1) is 10.2. The van der Waals surface area contributed by atoms with Gasteiger partial charge in [-0.2, -0.15) is 0 Å². The van der Waals surface area contributed by atoms with Crippen LogP contribution < -0.4 is 10.6 Å². The highest BCUT2D eigenvalue weighted by Gasteiger charge is 2.22. The predicted molar refractivity (Wildman–Crippen MR) is 85.4 cm³/mol. The minimum absolute atomic E-state index is 0.0847. The Morgan fingerprint density at radius 2 is 2.05 bits per heavy atom. The van der Waals surface area contributed by atoms with Crippen molar-refractivity contribution in [1.29, 1.82) is 0 Å². The summed E-state index contributed by atoms with van der Waals surface area (Å²) >= 11 is 0. The minimum atomic E-state index is 0.0847. The molecular weight excluding hydrogens is 260 g/mol. The van der Waals surface area contributed by atoms with Crippen LogP contribution in [0.1, 0.15) is 60.5 Å². The van der Waals surface area contributed by atoms with E-state index in [1.165, 1.54) is 43.2 Å². The van der Waals surface area contributed by atoms with E-state index in [2.05, 4.69) is 29.7 Å². The molecule has 0 radical (unpaired) electrons. The van der Waals surface area contributed by atoms with Gasteiger partial charge in [0.2, 0.25) is 0 Å². The molecule has 2 N–H and O–H groups in total. The Kier molecular flexibility index (Phi) is 4.59. The van der Waals surface area contributed by atoms with Crippen molar-refractivity contribution in [1.82, 2.24) is 10.6 Å². The van der Waals surface area contributed by atoms with Crippen LogP contribution in [0.4, 0.5) is 0 Å². The molecule has 21 heavy (non-hydrogen) atoms. The molecule has 2 aliphatic rings. The van der Waals surface area contributed by atoms with Crippen LogP contribution in [0.3, 0.4) is 0 Å². The summed E-state index contributed by atoms with van der Waals surface area (Å²) in [5.74, 6) is 0.739. The highest BCUT2D eigenvalue weighted by molar-refractivity contribution is 5.94. The summed E-state index contributed by atoms with van der Waals surface area (Å²) in [4.78, 5) is 12.5. The predicted octanol–water partition coefficient (Wildman–Crippen LogP) is 3.03. The molecule has 3 rings (SSSR count). The maximum atomic E-state index is 12.5. The Bertz CT molecular complexity index is 506. The molecule has 0 saturated heterocycles. The van der Waals surface area contributed by atoms with Crippen molar-refractivity contribution in [2.45, 2.75) is 58.0 Å². The molecular formula is C18H26N2O. The SMILES string of the molecule is C[C@@H](NC(=O)c1ccc2c(c1)CNCC2)C1CCCCC1. The van der Waals surface area contributed by atoms with Crippen LogP contribution in [0, 0.1) is 5.92 Å². The fourth-order valence-corrected chi connectivity index (χ4v) is 3.66. The molecule has 1 aromatic rings. The average molecular weight is 286 g/mol. The molecule has 1 atom stereocenters. The van der Waals surface area contributed by atoms with Gasteiger partial charge in [-0.25, -0.2) is 0 Å². The van der Waals surface area contributed by atoms with Crippen LogP contribution in [-0.4, -0.2) is 18.5 Å². The lowest BCUT2D eigenvalue weighted by molar-refractivity contribution is 0.0919. The van der Waals surface area contributed by atoms with E-state index in [-0.39, 0.29) is 11.9 Å². The lowest BCUT2D eigenvalue weighted by Gasteiger charge is -2.28. The van der Waals surface area contributed by atoms with Gasteiger partial charge in [-0.05, 0) is 61.9 Å². The summed E-state index contributed by atoms with van der Waals surface area (Å²) in [5.41, 5.74) is 3.46. The summed E-state index contributed by atoms with van der Waals surface area (Å²) in [6, 6.07) is 6.44. The van der Waals surface area contributed by atoms with Crippen LogP contribution in [0.15, 0.2) is 18.2 Å². The number of carbonyl (C=O) groups is 1. The van der Waals surface area contributed by atoms with Gasteiger partial charge in [0, 0.05) is 18.2 Å². The zero-order valence-corrected chi connectivity index (χ0v) is 13.0. The van der Waals surface area contributed by atoms with Gasteiger partial charge in [0.1, 0.15) is 0 Å². The Morgan fingerprint density at radius 3 is 2.86 bits per heavy atom. The fourth-order valence-electron chi connectivity index (χ4n) is 3.66. The van der Waals surface area contributed by atoms with E-state index in [9.17, 15) is 4.79 Å². The highest BCUT2D eigenvalue weighted by atomic mass is 16.1. The van der Waals surface area contributed by atoms with Crippen molar-refractivity contribution in [2.24, 2.45) is 5.92 Å². The number of carbonyl (C=O) groups excluding carboxylic acids is 1. The van der Waals surface area contributed by atoms with Gasteiger partial charge in [-0.15, -0.1) is 0 Å². The van der Waals surface area contributed by atoms with E-state index in [1.54, 1.807) is 0 Å². The molecule has 1 aliphatic heterocycles. The lowest BCUT2D eigenvalue weighted by atomic mass is 9.84. The molecule has 114 valence electrons. The Morgan fingerprint density at radius 1 is 1.24 bits per heavy atom. The second kappa shape index (κ2) is 6.61. The maximum Gasteiger partial charge on any atom is 0.251 e. The average Bonchev–Trinajstić information content (AvgIpc) is 2.55. The lowest BCUT2D eigenvalue weighted by Crippen LogP contribution is -2.39. The normalized spacial score (nSPS) is 20.6. The van der Waals surface area contributed by atoms with Gasteiger partial charge in [-0.3, -0.25) is 4.79 Å². The van der Waals surface area contributed by atoms with Crippen molar-refractivity contribution in [3.05, 3.63) is 34.9 Å². The van der Waals surface area contributed by atoms with Gasteiger partial charge in [0.15, 0.2) is 0 Å². The van der Waals surface area contributed by atoms with E-state index in [0.29, 0.717) is 5.92 Å². The number of amides is 1. The molecule has 3 heteroatoms. The Balaban J connectivity index is 1.64. The van der Waals surface area contributed by atoms with Crippen LogP contribution >= 0.6 is 0 Å². The molecule has 1 saturated carbocycles. The van der Waals surface area contributed by atoms with E-state index in [0.717, 1.165) is 25.1 Å². The number of fused-ring (bicyclic) bond motifs is 1. The molecule has 1 heterocycles. The molecule has 0 unspecified atom stereocenters. The molecule has 1 aliphatic carbocycles. The molecule has 1 aromatic carbocycles. The quantitative estimate of drug-likeness (QED) is 0.896. The topological polar surface area (TPSA) is 41.1 Å². The monoisotopic (exact) mass is 286 g/mol. The zero-order valence-electron chi connectivity index (χ0n) is 13.0. The minimum Gasteiger partial charge on any atom is -0.349 e. The standard InChI is InChI=1S/C18H26N2O/c1-13(14-5-3-2-4-6-14)20-18(21)16-8-7-15-9-10-19-12-17(15)11-16/h7-8,11,13-14,19H,2-6,9-10,12H2,1H3,(H,20,21)/t13-/m1/s1. The second-order valence-corrected chi connectivity index (χ2v) is 6.57. The van der Waals surface area contributed by atoms with E-state index < -0.39 is 0 Å². The third-order valence-electron chi connectivity index (χ3n) is 5.07. The van der Waals surface area contributed by atoms with Crippen LogP contribution in [0.25, 0.3) is 0 Å². The molecule has 1 amide bonds. The molecule has 3 nitrogen and oxygen atoms in total. The third kappa shape index (κ3) is 3.46. The smallest absolute Gasteiger partial charge is 0.251 e. The summed E-state index contributed by atoms with van der Waals surface area (Å²) in [5, 5.41) is 6.58. The number of benzene rings is 1. The van der Waals surface area contributed by atoms with Gasteiger partial charge in [0.25, 0.3) is 5.91 Å². The van der Waals surface area contributed by atoms with Crippen molar-refractivity contribution < 1.29 is 4.79 Å². The Labute approximate surface area is 127 Å². The first kappa shape index (κ1) is 14.6. The number of hydrogen-bond donors (Lipinski definition) is 2. The van der Waals surface area contributed by atoms with Crippen molar-refractivity contribution in [2.75, 3.05) is 6.54 Å². The largest absolute Gasteiger partial charge is 0.349 e. The van der Waals surface area contributed by atoms with Crippen LogP contribution in [-0.2, 0) is 13.0 Å². The summed E-state index contributed by atoms with van der Waals surface area (Å²) < 4.78 is 0. The summed E-state index contributed by atoms with van der Waals surface area (Å²) in [6.07, 6.45) is 7.57. The van der Waals surface area contributed by atoms with E-state index >= 15 is 0 Å². The second-order valence-electron chi connectivity index (χ2n) is 6.57.